The van der Waals surface area contributed by atoms with Crippen molar-refractivity contribution in [3.63, 3.8) is 0 Å². The van der Waals surface area contributed by atoms with Gasteiger partial charge in [-0.3, -0.25) is 4.79 Å². The van der Waals surface area contributed by atoms with Gasteiger partial charge >= 0.3 is 5.97 Å². The molecule has 0 bridgehead atoms. The number of carbonyl (C=O) groups is 2. The SMILES string of the molecule is COc1ccccc1OCC(=O)O[C@H](C)C(=O)Nc1ccc(C(C)C)cc1. The summed E-state index contributed by atoms with van der Waals surface area (Å²) in [6.07, 6.45) is -0.941. The van der Waals surface area contributed by atoms with Crippen LogP contribution in [0.1, 0.15) is 32.3 Å². The highest BCUT2D eigenvalue weighted by Crippen LogP contribution is 2.25. The number of carbonyl (C=O) groups excluding carboxylic acids is 2. The van der Waals surface area contributed by atoms with Crippen LogP contribution in [0.3, 0.4) is 0 Å². The second-order valence-electron chi connectivity index (χ2n) is 6.34. The molecule has 2 aromatic carbocycles. The molecule has 0 aromatic heterocycles. The van der Waals surface area contributed by atoms with Gasteiger partial charge in [0.2, 0.25) is 0 Å². The number of hydrogen-bond acceptors (Lipinski definition) is 5. The maximum Gasteiger partial charge on any atom is 0.344 e. The molecule has 0 aliphatic rings. The number of nitrogens with one attached hydrogen (secondary N) is 1. The molecule has 1 N–H and O–H groups in total. The minimum atomic E-state index is -0.941. The number of methoxy groups -OCH3 is 1. The summed E-state index contributed by atoms with van der Waals surface area (Å²) in [5.74, 6) is 0.315. The predicted molar refractivity (Wildman–Crippen MR) is 103 cm³/mol. The number of rotatable bonds is 8. The number of benzene rings is 2. The molecular formula is C21H25NO5. The Balaban J connectivity index is 1.83. The number of hydrogen-bond donors (Lipinski definition) is 1. The standard InChI is InChI=1S/C21H25NO5/c1-14(2)16-9-11-17(12-10-16)22-21(24)15(3)27-20(23)13-26-19-8-6-5-7-18(19)25-4/h5-12,14-15H,13H2,1-4H3,(H,22,24)/t15-/m1/s1. The molecule has 2 rings (SSSR count). The van der Waals surface area contributed by atoms with E-state index in [0.717, 1.165) is 0 Å². The number of anilines is 1. The van der Waals surface area contributed by atoms with Gasteiger partial charge in [-0.2, -0.15) is 0 Å². The number of esters is 1. The molecule has 1 atom stereocenters. The monoisotopic (exact) mass is 371 g/mol. The zero-order chi connectivity index (χ0) is 19.8. The molecular weight excluding hydrogens is 346 g/mol. The van der Waals surface area contributed by atoms with Gasteiger partial charge in [-0.1, -0.05) is 38.1 Å². The van der Waals surface area contributed by atoms with Crippen molar-refractivity contribution in [2.45, 2.75) is 32.8 Å². The van der Waals surface area contributed by atoms with Crippen LogP contribution >= 0.6 is 0 Å². The van der Waals surface area contributed by atoms with E-state index in [1.807, 2.05) is 24.3 Å². The topological polar surface area (TPSA) is 73.9 Å². The lowest BCUT2D eigenvalue weighted by molar-refractivity contribution is -0.155. The van der Waals surface area contributed by atoms with E-state index in [2.05, 4.69) is 19.2 Å². The van der Waals surface area contributed by atoms with Gasteiger partial charge in [0.15, 0.2) is 24.2 Å². The Kier molecular flexibility index (Phi) is 7.23. The third kappa shape index (κ3) is 6.02. The van der Waals surface area contributed by atoms with Crippen LogP contribution in [-0.4, -0.2) is 31.7 Å². The van der Waals surface area contributed by atoms with E-state index in [9.17, 15) is 9.59 Å². The van der Waals surface area contributed by atoms with Gasteiger partial charge in [-0.15, -0.1) is 0 Å². The molecule has 1 amide bonds. The number of amides is 1. The van der Waals surface area contributed by atoms with Gasteiger partial charge < -0.3 is 19.5 Å². The largest absolute Gasteiger partial charge is 0.493 e. The Bertz CT molecular complexity index is 770. The van der Waals surface area contributed by atoms with E-state index < -0.39 is 18.0 Å². The van der Waals surface area contributed by atoms with Crippen molar-refractivity contribution < 1.29 is 23.8 Å². The van der Waals surface area contributed by atoms with Crippen molar-refractivity contribution in [1.29, 1.82) is 0 Å². The van der Waals surface area contributed by atoms with Crippen LogP contribution in [0.25, 0.3) is 0 Å². The van der Waals surface area contributed by atoms with E-state index in [4.69, 9.17) is 14.2 Å². The maximum atomic E-state index is 12.2. The normalized spacial score (nSPS) is 11.6. The van der Waals surface area contributed by atoms with Crippen molar-refractivity contribution in [3.8, 4) is 11.5 Å². The molecule has 27 heavy (non-hydrogen) atoms. The molecule has 0 saturated heterocycles. The minimum absolute atomic E-state index is 0.318. The van der Waals surface area contributed by atoms with Gasteiger partial charge in [0.1, 0.15) is 0 Å². The fourth-order valence-corrected chi connectivity index (χ4v) is 2.35. The Labute approximate surface area is 159 Å². The second-order valence-corrected chi connectivity index (χ2v) is 6.34. The Morgan fingerprint density at radius 3 is 2.19 bits per heavy atom. The first-order valence-corrected chi connectivity index (χ1v) is 8.76. The molecule has 0 spiro atoms. The molecule has 0 aliphatic carbocycles. The molecule has 144 valence electrons. The van der Waals surface area contributed by atoms with Crippen molar-refractivity contribution in [3.05, 3.63) is 54.1 Å². The van der Waals surface area contributed by atoms with Crippen LogP contribution in [0.4, 0.5) is 5.69 Å². The van der Waals surface area contributed by atoms with E-state index in [1.165, 1.54) is 19.6 Å². The zero-order valence-corrected chi connectivity index (χ0v) is 16.0. The van der Waals surface area contributed by atoms with Gasteiger partial charge in [-0.25, -0.2) is 4.79 Å². The van der Waals surface area contributed by atoms with Crippen molar-refractivity contribution in [2.24, 2.45) is 0 Å². The third-order valence-corrected chi connectivity index (χ3v) is 3.94. The van der Waals surface area contributed by atoms with Crippen LogP contribution in [0.5, 0.6) is 11.5 Å². The molecule has 2 aromatic rings. The van der Waals surface area contributed by atoms with Crippen LogP contribution < -0.4 is 14.8 Å². The van der Waals surface area contributed by atoms with Gasteiger partial charge in [0.25, 0.3) is 5.91 Å². The summed E-state index contributed by atoms with van der Waals surface area (Å²) in [5, 5.41) is 2.73. The van der Waals surface area contributed by atoms with E-state index in [0.29, 0.717) is 23.1 Å². The van der Waals surface area contributed by atoms with Crippen molar-refractivity contribution in [1.82, 2.24) is 0 Å². The highest BCUT2D eigenvalue weighted by atomic mass is 16.6. The summed E-state index contributed by atoms with van der Waals surface area (Å²) in [6.45, 7) is 5.39. The number of para-hydroxylation sites is 2. The first-order valence-electron chi connectivity index (χ1n) is 8.76. The maximum absolute atomic E-state index is 12.2. The average molecular weight is 371 g/mol. The fourth-order valence-electron chi connectivity index (χ4n) is 2.35. The molecule has 0 aliphatic heterocycles. The Morgan fingerprint density at radius 1 is 0.963 bits per heavy atom. The fraction of sp³-hybridized carbons (Fsp3) is 0.333. The molecule has 0 fully saturated rings. The number of ether oxygens (including phenoxy) is 3. The summed E-state index contributed by atoms with van der Waals surface area (Å²) in [6, 6.07) is 14.5. The van der Waals surface area contributed by atoms with Crippen LogP contribution in [0.15, 0.2) is 48.5 Å². The molecule has 0 radical (unpaired) electrons. The predicted octanol–water partition coefficient (Wildman–Crippen LogP) is 3.77. The quantitative estimate of drug-likeness (QED) is 0.715. The Morgan fingerprint density at radius 2 is 1.59 bits per heavy atom. The van der Waals surface area contributed by atoms with Crippen molar-refractivity contribution >= 4 is 17.6 Å². The lowest BCUT2D eigenvalue weighted by Gasteiger charge is -2.15. The molecule has 6 heteroatoms. The smallest absolute Gasteiger partial charge is 0.344 e. The highest BCUT2D eigenvalue weighted by molar-refractivity contribution is 5.95. The lowest BCUT2D eigenvalue weighted by Crippen LogP contribution is -2.31. The van der Waals surface area contributed by atoms with Crippen LogP contribution in [0, 0.1) is 0 Å². The first-order chi connectivity index (χ1) is 12.9. The highest BCUT2D eigenvalue weighted by Gasteiger charge is 2.19. The summed E-state index contributed by atoms with van der Waals surface area (Å²) < 4.78 is 15.7. The van der Waals surface area contributed by atoms with Crippen molar-refractivity contribution in [2.75, 3.05) is 19.0 Å². The summed E-state index contributed by atoms with van der Waals surface area (Å²) in [7, 11) is 1.51. The van der Waals surface area contributed by atoms with Gasteiger partial charge in [0.05, 0.1) is 7.11 Å². The van der Waals surface area contributed by atoms with Crippen LogP contribution in [-0.2, 0) is 14.3 Å². The van der Waals surface area contributed by atoms with E-state index in [-0.39, 0.29) is 6.61 Å². The second kappa shape index (κ2) is 9.62. The molecule has 0 heterocycles. The van der Waals surface area contributed by atoms with Gasteiger partial charge in [-0.05, 0) is 42.7 Å². The molecule has 0 saturated carbocycles. The molecule has 0 unspecified atom stereocenters. The Hall–Kier alpha value is -3.02. The van der Waals surface area contributed by atoms with E-state index in [1.54, 1.807) is 24.3 Å². The first kappa shape index (κ1) is 20.3. The average Bonchev–Trinajstić information content (AvgIpc) is 2.66. The minimum Gasteiger partial charge on any atom is -0.493 e. The lowest BCUT2D eigenvalue weighted by atomic mass is 10.0. The summed E-state index contributed by atoms with van der Waals surface area (Å²) in [4.78, 5) is 24.1. The zero-order valence-electron chi connectivity index (χ0n) is 16.0. The van der Waals surface area contributed by atoms with E-state index >= 15 is 0 Å². The third-order valence-electron chi connectivity index (χ3n) is 3.94. The molecule has 6 nitrogen and oxygen atoms in total. The van der Waals surface area contributed by atoms with Crippen LogP contribution in [0.2, 0.25) is 0 Å². The summed E-state index contributed by atoms with van der Waals surface area (Å²) in [5.41, 5.74) is 1.83. The summed E-state index contributed by atoms with van der Waals surface area (Å²) >= 11 is 0. The van der Waals surface area contributed by atoms with Gasteiger partial charge in [0, 0.05) is 5.69 Å².